The molecule has 1 atom stereocenters. The van der Waals surface area contributed by atoms with Gasteiger partial charge in [0, 0.05) is 23.6 Å². The van der Waals surface area contributed by atoms with Gasteiger partial charge in [-0.05, 0) is 54.1 Å². The van der Waals surface area contributed by atoms with Gasteiger partial charge in [-0.15, -0.1) is 0 Å². The Hall–Kier alpha value is -3.71. The highest BCUT2D eigenvalue weighted by molar-refractivity contribution is 6.51. The average Bonchev–Trinajstić information content (AvgIpc) is 3.04. The van der Waals surface area contributed by atoms with Crippen LogP contribution >= 0.6 is 11.6 Å². The van der Waals surface area contributed by atoms with Crippen LogP contribution in [0, 0.1) is 5.82 Å². The number of carbonyl (C=O) groups excluding carboxylic acids is 2. The van der Waals surface area contributed by atoms with Crippen LogP contribution in [0.15, 0.2) is 72.6 Å². The monoisotopic (exact) mass is 438 g/mol. The summed E-state index contributed by atoms with van der Waals surface area (Å²) in [4.78, 5) is 31.1. The molecule has 0 spiro atoms. The molecule has 0 radical (unpaired) electrons. The molecule has 1 saturated heterocycles. The molecule has 1 amide bonds. The molecule has 0 aliphatic carbocycles. The van der Waals surface area contributed by atoms with Crippen LogP contribution in [-0.4, -0.2) is 28.9 Å². The summed E-state index contributed by atoms with van der Waals surface area (Å²) in [6.45, 7) is 0. The van der Waals surface area contributed by atoms with Gasteiger partial charge in [-0.2, -0.15) is 0 Å². The van der Waals surface area contributed by atoms with E-state index in [-0.39, 0.29) is 21.8 Å². The summed E-state index contributed by atoms with van der Waals surface area (Å²) in [5.41, 5.74) is 0.819. The van der Waals surface area contributed by atoms with Gasteiger partial charge in [0.15, 0.2) is 0 Å². The summed E-state index contributed by atoms with van der Waals surface area (Å²) in [5, 5.41) is 11.3. The molecule has 1 aromatic heterocycles. The maximum atomic E-state index is 13.9. The topological polar surface area (TPSA) is 79.7 Å². The smallest absolute Gasteiger partial charge is 0.300 e. The van der Waals surface area contributed by atoms with Crippen LogP contribution in [0.2, 0.25) is 5.02 Å². The van der Waals surface area contributed by atoms with E-state index in [9.17, 15) is 19.1 Å². The minimum absolute atomic E-state index is 0.137. The second-order valence-corrected chi connectivity index (χ2v) is 7.19. The van der Waals surface area contributed by atoms with Crippen molar-refractivity contribution in [2.24, 2.45) is 0 Å². The van der Waals surface area contributed by atoms with E-state index in [1.165, 1.54) is 49.8 Å². The zero-order valence-electron chi connectivity index (χ0n) is 16.3. The maximum absolute atomic E-state index is 13.9. The Morgan fingerprint density at radius 1 is 1.13 bits per heavy atom. The van der Waals surface area contributed by atoms with Gasteiger partial charge in [-0.25, -0.2) is 4.39 Å². The van der Waals surface area contributed by atoms with Gasteiger partial charge in [0.1, 0.15) is 17.3 Å². The van der Waals surface area contributed by atoms with Crippen molar-refractivity contribution >= 4 is 34.7 Å². The lowest BCUT2D eigenvalue weighted by Gasteiger charge is -2.25. The lowest BCUT2D eigenvalue weighted by Crippen LogP contribution is -2.29. The zero-order valence-corrected chi connectivity index (χ0v) is 17.0. The molecule has 1 unspecified atom stereocenters. The number of hydrogen-bond acceptors (Lipinski definition) is 5. The van der Waals surface area contributed by atoms with Gasteiger partial charge < -0.3 is 9.84 Å². The Morgan fingerprint density at radius 2 is 1.87 bits per heavy atom. The molecular formula is C23H16ClFN2O4. The first-order valence-corrected chi connectivity index (χ1v) is 9.60. The van der Waals surface area contributed by atoms with Crippen molar-refractivity contribution in [2.75, 3.05) is 12.0 Å². The standard InChI is InChI=1S/C23H16ClFN2O4/c1-31-18-6-5-14(11-17(18)24)21(28)19-20(13-7-9-26-10-8-13)27(23(30)22(19)29)16-4-2-3-15(25)12-16/h2-12,20,28H,1H3/b21-19+. The number of ether oxygens (including phenoxy) is 1. The van der Waals surface area contributed by atoms with E-state index in [4.69, 9.17) is 16.3 Å². The van der Waals surface area contributed by atoms with Gasteiger partial charge >= 0.3 is 0 Å². The van der Waals surface area contributed by atoms with E-state index in [1.807, 2.05) is 0 Å². The van der Waals surface area contributed by atoms with Crippen molar-refractivity contribution < 1.29 is 23.8 Å². The number of aliphatic hydroxyl groups is 1. The summed E-state index contributed by atoms with van der Waals surface area (Å²) in [5.74, 6) is -2.34. The lowest BCUT2D eigenvalue weighted by atomic mass is 9.95. The molecule has 1 fully saturated rings. The third kappa shape index (κ3) is 3.64. The quantitative estimate of drug-likeness (QED) is 0.368. The van der Waals surface area contributed by atoms with Gasteiger partial charge in [0.05, 0.1) is 23.7 Å². The number of carbonyl (C=O) groups is 2. The highest BCUT2D eigenvalue weighted by Crippen LogP contribution is 2.42. The minimum atomic E-state index is -0.981. The van der Waals surface area contributed by atoms with Crippen LogP contribution in [0.4, 0.5) is 10.1 Å². The first-order chi connectivity index (χ1) is 14.9. The first-order valence-electron chi connectivity index (χ1n) is 9.22. The van der Waals surface area contributed by atoms with E-state index in [0.29, 0.717) is 11.3 Å². The number of ketones is 1. The Morgan fingerprint density at radius 3 is 2.52 bits per heavy atom. The largest absolute Gasteiger partial charge is 0.507 e. The van der Waals surface area contributed by atoms with Crippen LogP contribution in [0.25, 0.3) is 5.76 Å². The molecule has 31 heavy (non-hydrogen) atoms. The van der Waals surface area contributed by atoms with Crippen molar-refractivity contribution in [2.45, 2.75) is 6.04 Å². The highest BCUT2D eigenvalue weighted by atomic mass is 35.5. The SMILES string of the molecule is COc1ccc(/C(O)=C2\C(=O)C(=O)N(c3cccc(F)c3)C2c2ccncc2)cc1Cl. The number of aliphatic hydroxyl groups excluding tert-OH is 1. The van der Waals surface area contributed by atoms with Crippen LogP contribution in [0.1, 0.15) is 17.2 Å². The van der Waals surface area contributed by atoms with E-state index in [1.54, 1.807) is 18.2 Å². The van der Waals surface area contributed by atoms with Crippen molar-refractivity contribution in [3.8, 4) is 5.75 Å². The molecule has 2 heterocycles. The normalized spacial score (nSPS) is 17.8. The van der Waals surface area contributed by atoms with Crippen molar-refractivity contribution in [3.63, 3.8) is 0 Å². The Balaban J connectivity index is 1.93. The molecule has 0 saturated carbocycles. The molecule has 1 N–H and O–H groups in total. The third-order valence-corrected chi connectivity index (χ3v) is 5.27. The number of hydrogen-bond donors (Lipinski definition) is 1. The minimum Gasteiger partial charge on any atom is -0.507 e. The molecule has 1 aliphatic heterocycles. The van der Waals surface area contributed by atoms with Crippen LogP contribution in [0.5, 0.6) is 5.75 Å². The lowest BCUT2D eigenvalue weighted by molar-refractivity contribution is -0.132. The fourth-order valence-corrected chi connectivity index (χ4v) is 3.81. The number of methoxy groups -OCH3 is 1. The number of aromatic nitrogens is 1. The summed E-state index contributed by atoms with van der Waals surface area (Å²) in [6.07, 6.45) is 3.01. The number of benzene rings is 2. The molecule has 3 aromatic rings. The molecule has 156 valence electrons. The van der Waals surface area contributed by atoms with Gasteiger partial charge in [0.25, 0.3) is 11.7 Å². The third-order valence-electron chi connectivity index (χ3n) is 4.98. The zero-order chi connectivity index (χ0) is 22.1. The van der Waals surface area contributed by atoms with Gasteiger partial charge in [-0.3, -0.25) is 19.5 Å². The summed E-state index contributed by atoms with van der Waals surface area (Å²) in [7, 11) is 1.45. The van der Waals surface area contributed by atoms with Crippen LogP contribution in [-0.2, 0) is 9.59 Å². The Kier molecular flexibility index (Phi) is 5.44. The maximum Gasteiger partial charge on any atom is 0.300 e. The Bertz CT molecular complexity index is 1210. The van der Waals surface area contributed by atoms with Gasteiger partial charge in [0.2, 0.25) is 0 Å². The fourth-order valence-electron chi connectivity index (χ4n) is 3.56. The first kappa shape index (κ1) is 20.6. The van der Waals surface area contributed by atoms with Crippen molar-refractivity contribution in [3.05, 3.63) is 94.5 Å². The molecule has 8 heteroatoms. The van der Waals surface area contributed by atoms with E-state index in [2.05, 4.69) is 4.98 Å². The molecule has 2 aromatic carbocycles. The molecule has 4 rings (SSSR count). The predicted molar refractivity (Wildman–Crippen MR) is 113 cm³/mol. The second-order valence-electron chi connectivity index (χ2n) is 6.78. The average molecular weight is 439 g/mol. The van der Waals surface area contributed by atoms with Crippen LogP contribution < -0.4 is 9.64 Å². The Labute approximate surface area is 182 Å². The second kappa shape index (κ2) is 8.20. The van der Waals surface area contributed by atoms with Gasteiger partial charge in [-0.1, -0.05) is 17.7 Å². The number of amides is 1. The number of halogens is 2. The predicted octanol–water partition coefficient (Wildman–Crippen LogP) is 4.51. The van der Waals surface area contributed by atoms with E-state index < -0.39 is 29.3 Å². The summed E-state index contributed by atoms with van der Waals surface area (Å²) in [6, 6.07) is 12.1. The fraction of sp³-hybridized carbons (Fsp3) is 0.0870. The molecule has 0 bridgehead atoms. The van der Waals surface area contributed by atoms with E-state index >= 15 is 0 Å². The van der Waals surface area contributed by atoms with Crippen molar-refractivity contribution in [1.29, 1.82) is 0 Å². The van der Waals surface area contributed by atoms with Crippen molar-refractivity contribution in [1.82, 2.24) is 4.98 Å². The van der Waals surface area contributed by atoms with Crippen LogP contribution in [0.3, 0.4) is 0 Å². The number of anilines is 1. The molecular weight excluding hydrogens is 423 g/mol. The number of nitrogens with zero attached hydrogens (tertiary/aromatic N) is 2. The highest BCUT2D eigenvalue weighted by Gasteiger charge is 2.47. The number of rotatable bonds is 4. The summed E-state index contributed by atoms with van der Waals surface area (Å²) < 4.78 is 19.0. The molecule has 1 aliphatic rings. The summed E-state index contributed by atoms with van der Waals surface area (Å²) >= 11 is 6.17. The number of pyridine rings is 1. The number of Topliss-reactive ketones (excluding diaryl/α,β-unsaturated/α-hetero) is 1. The molecule has 6 nitrogen and oxygen atoms in total. The van der Waals surface area contributed by atoms with E-state index in [0.717, 1.165) is 11.0 Å².